The molecule has 2 fully saturated rings. The SMILES string of the molecule is CC(=O)c1nn(CC(=O)N(CC(=O)NCc2cccc(Cl)c2F)C2CC2)c2ccc(CC(=O)C3CCCCC3)cc12. The standard InChI is InChI=1S/C31H34ClFN4O4/c1-19(38)31-24-14-20(15-27(39)21-6-3-2-4-7-21)10-13-26(24)37(35-31)18-29(41)36(23-11-12-23)17-28(40)34-16-22-8-5-9-25(32)30(22)33/h5,8-10,13-14,21,23H,2-4,6-7,11-12,15-18H2,1H3,(H,34,40). The maximum atomic E-state index is 14.2. The molecule has 0 spiro atoms. The van der Waals surface area contributed by atoms with Crippen molar-refractivity contribution < 1.29 is 23.6 Å². The van der Waals surface area contributed by atoms with E-state index in [1.165, 1.54) is 35.1 Å². The molecule has 0 radical (unpaired) electrons. The first kappa shape index (κ1) is 28.9. The van der Waals surface area contributed by atoms with Gasteiger partial charge in [0.05, 0.1) is 17.1 Å². The van der Waals surface area contributed by atoms with Gasteiger partial charge in [-0.1, -0.05) is 49.1 Å². The van der Waals surface area contributed by atoms with Crippen LogP contribution in [0.25, 0.3) is 10.9 Å². The molecule has 10 heteroatoms. The number of halogens is 2. The lowest BCUT2D eigenvalue weighted by molar-refractivity contribution is -0.137. The van der Waals surface area contributed by atoms with E-state index in [-0.39, 0.29) is 65.3 Å². The van der Waals surface area contributed by atoms with Gasteiger partial charge >= 0.3 is 0 Å². The zero-order chi connectivity index (χ0) is 29.1. The largest absolute Gasteiger partial charge is 0.350 e. The van der Waals surface area contributed by atoms with Crippen LogP contribution in [-0.4, -0.2) is 50.6 Å². The minimum atomic E-state index is -0.585. The van der Waals surface area contributed by atoms with Crippen molar-refractivity contribution in [2.75, 3.05) is 6.54 Å². The van der Waals surface area contributed by atoms with Crippen LogP contribution in [0.2, 0.25) is 5.02 Å². The average molecular weight is 581 g/mol. The van der Waals surface area contributed by atoms with Crippen LogP contribution in [0.3, 0.4) is 0 Å². The molecule has 2 saturated carbocycles. The van der Waals surface area contributed by atoms with Gasteiger partial charge in [-0.2, -0.15) is 5.10 Å². The summed E-state index contributed by atoms with van der Waals surface area (Å²) in [7, 11) is 0. The lowest BCUT2D eigenvalue weighted by Crippen LogP contribution is -2.43. The molecule has 0 bridgehead atoms. The van der Waals surface area contributed by atoms with E-state index in [2.05, 4.69) is 10.4 Å². The molecule has 3 aromatic rings. The highest BCUT2D eigenvalue weighted by Gasteiger charge is 2.34. The number of nitrogens with zero attached hydrogens (tertiary/aromatic N) is 3. The Morgan fingerprint density at radius 3 is 2.54 bits per heavy atom. The summed E-state index contributed by atoms with van der Waals surface area (Å²) >= 11 is 5.82. The van der Waals surface area contributed by atoms with E-state index in [9.17, 15) is 23.6 Å². The fraction of sp³-hybridized carbons (Fsp3) is 0.452. The number of hydrogen-bond acceptors (Lipinski definition) is 5. The summed E-state index contributed by atoms with van der Waals surface area (Å²) in [4.78, 5) is 52.9. The molecule has 1 aromatic heterocycles. The Hall–Kier alpha value is -3.59. The molecule has 216 valence electrons. The van der Waals surface area contributed by atoms with Crippen LogP contribution < -0.4 is 5.32 Å². The van der Waals surface area contributed by atoms with E-state index in [0.717, 1.165) is 44.1 Å². The van der Waals surface area contributed by atoms with Gasteiger partial charge in [0, 0.05) is 42.8 Å². The zero-order valence-corrected chi connectivity index (χ0v) is 23.9. The van der Waals surface area contributed by atoms with Crippen molar-refractivity contribution >= 4 is 45.9 Å². The van der Waals surface area contributed by atoms with Crippen molar-refractivity contribution in [3.8, 4) is 0 Å². The van der Waals surface area contributed by atoms with Crippen LogP contribution in [0.1, 0.15) is 73.5 Å². The third kappa shape index (κ3) is 6.84. The van der Waals surface area contributed by atoms with E-state index in [1.54, 1.807) is 12.1 Å². The average Bonchev–Trinajstić information content (AvgIpc) is 3.74. The molecule has 1 N–H and O–H groups in total. The molecule has 0 aliphatic heterocycles. The molecule has 2 aliphatic carbocycles. The summed E-state index contributed by atoms with van der Waals surface area (Å²) in [5.74, 6) is -1.20. The number of carbonyl (C=O) groups excluding carboxylic acids is 4. The van der Waals surface area contributed by atoms with Crippen LogP contribution >= 0.6 is 11.6 Å². The predicted octanol–water partition coefficient (Wildman–Crippen LogP) is 5.03. The van der Waals surface area contributed by atoms with Crippen LogP contribution in [0.5, 0.6) is 0 Å². The summed E-state index contributed by atoms with van der Waals surface area (Å²) in [5.41, 5.74) is 1.96. The molecule has 2 aromatic carbocycles. The first-order valence-corrected chi connectivity index (χ1v) is 14.6. The molecule has 41 heavy (non-hydrogen) atoms. The van der Waals surface area contributed by atoms with Crippen LogP contribution in [-0.2, 0) is 33.9 Å². The zero-order valence-electron chi connectivity index (χ0n) is 23.1. The maximum Gasteiger partial charge on any atom is 0.245 e. The number of carbonyl (C=O) groups is 4. The van der Waals surface area contributed by atoms with Crippen molar-refractivity contribution in [1.82, 2.24) is 20.0 Å². The Morgan fingerprint density at radius 2 is 1.83 bits per heavy atom. The Bertz CT molecular complexity index is 1490. The van der Waals surface area contributed by atoms with Crippen LogP contribution in [0.15, 0.2) is 36.4 Å². The lowest BCUT2D eigenvalue weighted by atomic mass is 9.84. The number of hydrogen-bond donors (Lipinski definition) is 1. The Morgan fingerprint density at radius 1 is 1.07 bits per heavy atom. The second-order valence-corrected chi connectivity index (χ2v) is 11.5. The normalized spacial score (nSPS) is 15.6. The topological polar surface area (TPSA) is 101 Å². The van der Waals surface area contributed by atoms with Crippen molar-refractivity contribution in [3.63, 3.8) is 0 Å². The van der Waals surface area contributed by atoms with Crippen LogP contribution in [0, 0.1) is 11.7 Å². The molecule has 0 saturated heterocycles. The molecular formula is C31H34ClFN4O4. The molecule has 5 rings (SSSR count). The third-order valence-corrected chi connectivity index (χ3v) is 8.29. The first-order chi connectivity index (χ1) is 19.7. The minimum Gasteiger partial charge on any atom is -0.350 e. The van der Waals surface area contributed by atoms with Crippen molar-refractivity contribution in [2.45, 2.75) is 77.4 Å². The molecule has 2 amide bonds. The molecule has 1 heterocycles. The van der Waals surface area contributed by atoms with E-state index < -0.39 is 11.7 Å². The molecule has 0 unspecified atom stereocenters. The fourth-order valence-corrected chi connectivity index (χ4v) is 5.80. The fourth-order valence-electron chi connectivity index (χ4n) is 5.60. The molecule has 0 atom stereocenters. The quantitative estimate of drug-likeness (QED) is 0.321. The second kappa shape index (κ2) is 12.5. The number of fused-ring (bicyclic) bond motifs is 1. The van der Waals surface area contributed by atoms with Gasteiger partial charge in [-0.25, -0.2) is 4.39 Å². The van der Waals surface area contributed by atoms with Gasteiger partial charge in [0.15, 0.2) is 5.78 Å². The number of amides is 2. The van der Waals surface area contributed by atoms with E-state index >= 15 is 0 Å². The van der Waals surface area contributed by atoms with Crippen LogP contribution in [0.4, 0.5) is 4.39 Å². The molecule has 8 nitrogen and oxygen atoms in total. The van der Waals surface area contributed by atoms with Gasteiger partial charge in [0.1, 0.15) is 23.8 Å². The summed E-state index contributed by atoms with van der Waals surface area (Å²) < 4.78 is 15.7. The molecule has 2 aliphatic rings. The van der Waals surface area contributed by atoms with Gasteiger partial charge in [-0.05, 0) is 49.4 Å². The summed E-state index contributed by atoms with van der Waals surface area (Å²) in [5, 5.41) is 7.71. The van der Waals surface area contributed by atoms with E-state index in [4.69, 9.17) is 11.6 Å². The summed E-state index contributed by atoms with van der Waals surface area (Å²) in [6.45, 7) is 1.07. The Balaban J connectivity index is 1.28. The van der Waals surface area contributed by atoms with Gasteiger partial charge in [0.25, 0.3) is 0 Å². The Kier molecular flexibility index (Phi) is 8.82. The van der Waals surface area contributed by atoms with Crippen molar-refractivity contribution in [2.24, 2.45) is 5.92 Å². The predicted molar refractivity (Wildman–Crippen MR) is 153 cm³/mol. The maximum absolute atomic E-state index is 14.2. The highest BCUT2D eigenvalue weighted by molar-refractivity contribution is 6.30. The van der Waals surface area contributed by atoms with Gasteiger partial charge in [0.2, 0.25) is 11.8 Å². The second-order valence-electron chi connectivity index (χ2n) is 11.1. The molecular weight excluding hydrogens is 547 g/mol. The number of nitrogens with one attached hydrogen (secondary N) is 1. The van der Waals surface area contributed by atoms with Gasteiger partial charge in [-0.3, -0.25) is 23.9 Å². The van der Waals surface area contributed by atoms with E-state index in [0.29, 0.717) is 17.3 Å². The van der Waals surface area contributed by atoms with Gasteiger partial charge < -0.3 is 10.2 Å². The van der Waals surface area contributed by atoms with E-state index in [1.807, 2.05) is 12.1 Å². The van der Waals surface area contributed by atoms with Crippen molar-refractivity contribution in [3.05, 3.63) is 64.1 Å². The number of ketones is 2. The van der Waals surface area contributed by atoms with Crippen molar-refractivity contribution in [1.29, 1.82) is 0 Å². The lowest BCUT2D eigenvalue weighted by Gasteiger charge is -2.22. The summed E-state index contributed by atoms with van der Waals surface area (Å²) in [6.07, 6.45) is 7.12. The number of aromatic nitrogens is 2. The highest BCUT2D eigenvalue weighted by atomic mass is 35.5. The number of benzene rings is 2. The third-order valence-electron chi connectivity index (χ3n) is 8.00. The minimum absolute atomic E-state index is 0.0224. The van der Waals surface area contributed by atoms with Gasteiger partial charge in [-0.15, -0.1) is 0 Å². The smallest absolute Gasteiger partial charge is 0.245 e. The summed E-state index contributed by atoms with van der Waals surface area (Å²) in [6, 6.07) is 10.0. The monoisotopic (exact) mass is 580 g/mol. The highest BCUT2D eigenvalue weighted by Crippen LogP contribution is 2.29. The first-order valence-electron chi connectivity index (χ1n) is 14.2. The number of rotatable bonds is 11. The Labute approximate surface area is 243 Å². The number of Topliss-reactive ketones (excluding diaryl/α,β-unsaturated/α-hetero) is 2.